The Hall–Kier alpha value is -2.30. The maximum Gasteiger partial charge on any atom is 0.254 e. The highest BCUT2D eigenvalue weighted by molar-refractivity contribution is 5.70. The van der Waals surface area contributed by atoms with Gasteiger partial charge in [-0.3, -0.25) is 4.79 Å². The van der Waals surface area contributed by atoms with Gasteiger partial charge in [-0.15, -0.1) is 0 Å². The van der Waals surface area contributed by atoms with E-state index < -0.39 is 0 Å². The third kappa shape index (κ3) is 2.07. The van der Waals surface area contributed by atoms with Crippen molar-refractivity contribution >= 4 is 0 Å². The number of ether oxygens (including phenoxy) is 2. The van der Waals surface area contributed by atoms with Crippen molar-refractivity contribution in [1.29, 1.82) is 0 Å². The molecule has 1 N–H and O–H groups in total. The van der Waals surface area contributed by atoms with E-state index in [1.807, 2.05) is 6.07 Å². The number of nitrogens with zero attached hydrogens (tertiary/aromatic N) is 1. The van der Waals surface area contributed by atoms with Gasteiger partial charge in [0, 0.05) is 17.2 Å². The second kappa shape index (κ2) is 4.91. The van der Waals surface area contributed by atoms with Crippen LogP contribution in [-0.4, -0.2) is 24.2 Å². The highest BCUT2D eigenvalue weighted by Crippen LogP contribution is 2.32. The molecule has 0 radical (unpaired) electrons. The van der Waals surface area contributed by atoms with Crippen molar-refractivity contribution < 1.29 is 9.47 Å². The second-order valence-electron chi connectivity index (χ2n) is 3.77. The quantitative estimate of drug-likeness (QED) is 0.896. The Morgan fingerprint density at radius 3 is 2.67 bits per heavy atom. The van der Waals surface area contributed by atoms with Gasteiger partial charge in [-0.05, 0) is 19.1 Å². The van der Waals surface area contributed by atoms with Gasteiger partial charge in [0.05, 0.1) is 26.2 Å². The third-order valence-electron chi connectivity index (χ3n) is 2.75. The Morgan fingerprint density at radius 2 is 2.00 bits per heavy atom. The highest BCUT2D eigenvalue weighted by atomic mass is 16.5. The Morgan fingerprint density at radius 1 is 1.22 bits per heavy atom. The van der Waals surface area contributed by atoms with Gasteiger partial charge < -0.3 is 14.5 Å². The number of methoxy groups -OCH3 is 2. The van der Waals surface area contributed by atoms with E-state index >= 15 is 0 Å². The smallest absolute Gasteiger partial charge is 0.254 e. The van der Waals surface area contributed by atoms with Crippen LogP contribution in [0.25, 0.3) is 11.3 Å². The van der Waals surface area contributed by atoms with E-state index in [0.717, 1.165) is 5.56 Å². The molecule has 1 aromatic heterocycles. The summed E-state index contributed by atoms with van der Waals surface area (Å²) in [4.78, 5) is 18.3. The molecule has 18 heavy (non-hydrogen) atoms. The van der Waals surface area contributed by atoms with Crippen molar-refractivity contribution in [3.63, 3.8) is 0 Å². The standard InChI is InChI=1S/C13H14N2O3/c1-8-12(14-7-15-13(8)16)10-5-4-9(17-2)6-11(10)18-3/h4-7H,1-3H3,(H,14,15,16). The lowest BCUT2D eigenvalue weighted by atomic mass is 10.1. The number of benzene rings is 1. The van der Waals surface area contributed by atoms with Crippen molar-refractivity contribution in [1.82, 2.24) is 9.97 Å². The summed E-state index contributed by atoms with van der Waals surface area (Å²) in [7, 11) is 3.16. The molecular formula is C13H14N2O3. The zero-order valence-corrected chi connectivity index (χ0v) is 10.5. The van der Waals surface area contributed by atoms with Crippen molar-refractivity contribution in [2.24, 2.45) is 0 Å². The first-order valence-corrected chi connectivity index (χ1v) is 5.44. The van der Waals surface area contributed by atoms with E-state index in [1.54, 1.807) is 33.3 Å². The summed E-state index contributed by atoms with van der Waals surface area (Å²) in [5.41, 5.74) is 1.78. The van der Waals surface area contributed by atoms with Crippen LogP contribution in [0.5, 0.6) is 11.5 Å². The molecule has 0 amide bonds. The van der Waals surface area contributed by atoms with Crippen LogP contribution in [-0.2, 0) is 0 Å². The van der Waals surface area contributed by atoms with Gasteiger partial charge in [0.1, 0.15) is 11.5 Å². The van der Waals surface area contributed by atoms with E-state index in [9.17, 15) is 4.79 Å². The Kier molecular flexibility index (Phi) is 3.32. The highest BCUT2D eigenvalue weighted by Gasteiger charge is 2.12. The molecule has 0 fully saturated rings. The molecule has 1 heterocycles. The molecule has 0 bridgehead atoms. The summed E-state index contributed by atoms with van der Waals surface area (Å²) in [5.74, 6) is 1.31. The molecular weight excluding hydrogens is 232 g/mol. The third-order valence-corrected chi connectivity index (χ3v) is 2.75. The maximum atomic E-state index is 11.6. The predicted octanol–water partition coefficient (Wildman–Crippen LogP) is 1.76. The fourth-order valence-corrected chi connectivity index (χ4v) is 1.73. The molecule has 0 unspecified atom stereocenters. The first-order chi connectivity index (χ1) is 8.67. The molecule has 0 aliphatic heterocycles. The fraction of sp³-hybridized carbons (Fsp3) is 0.231. The normalized spacial score (nSPS) is 10.2. The molecule has 1 aromatic carbocycles. The Bertz CT molecular complexity index is 620. The largest absolute Gasteiger partial charge is 0.497 e. The number of rotatable bonds is 3. The van der Waals surface area contributed by atoms with Crippen molar-refractivity contribution in [3.8, 4) is 22.8 Å². The van der Waals surface area contributed by atoms with Crippen molar-refractivity contribution in [2.75, 3.05) is 14.2 Å². The van der Waals surface area contributed by atoms with Gasteiger partial charge in [0.15, 0.2) is 0 Å². The second-order valence-corrected chi connectivity index (χ2v) is 3.77. The van der Waals surface area contributed by atoms with Crippen molar-refractivity contribution in [2.45, 2.75) is 6.92 Å². The lowest BCUT2D eigenvalue weighted by Crippen LogP contribution is -2.11. The van der Waals surface area contributed by atoms with Gasteiger partial charge >= 0.3 is 0 Å². The molecule has 94 valence electrons. The number of H-pyrrole nitrogens is 1. The Balaban J connectivity index is 2.63. The lowest BCUT2D eigenvalue weighted by Gasteiger charge is -2.10. The summed E-state index contributed by atoms with van der Waals surface area (Å²) in [5, 5.41) is 0. The number of hydrogen-bond acceptors (Lipinski definition) is 4. The van der Waals surface area contributed by atoms with Gasteiger partial charge in [-0.25, -0.2) is 4.98 Å². The number of aromatic nitrogens is 2. The fourth-order valence-electron chi connectivity index (χ4n) is 1.73. The summed E-state index contributed by atoms with van der Waals surface area (Å²) in [6.45, 7) is 1.73. The first kappa shape index (κ1) is 12.2. The summed E-state index contributed by atoms with van der Waals surface area (Å²) < 4.78 is 10.4. The summed E-state index contributed by atoms with van der Waals surface area (Å²) in [6, 6.07) is 5.39. The van der Waals surface area contributed by atoms with Gasteiger partial charge in [-0.1, -0.05) is 0 Å². The van der Waals surface area contributed by atoms with E-state index in [1.165, 1.54) is 6.33 Å². The maximum absolute atomic E-state index is 11.6. The SMILES string of the molecule is COc1ccc(-c2nc[nH]c(=O)c2C)c(OC)c1. The van der Waals surface area contributed by atoms with Crippen LogP contribution in [0.2, 0.25) is 0 Å². The molecule has 0 saturated heterocycles. The van der Waals surface area contributed by atoms with E-state index in [4.69, 9.17) is 9.47 Å². The molecule has 0 aliphatic carbocycles. The summed E-state index contributed by atoms with van der Waals surface area (Å²) in [6.07, 6.45) is 1.38. The van der Waals surface area contributed by atoms with Crippen molar-refractivity contribution in [3.05, 3.63) is 40.4 Å². The molecule has 5 nitrogen and oxygen atoms in total. The predicted molar refractivity (Wildman–Crippen MR) is 68.1 cm³/mol. The minimum absolute atomic E-state index is 0.155. The van der Waals surface area contributed by atoms with E-state index in [-0.39, 0.29) is 5.56 Å². The van der Waals surface area contributed by atoms with Crippen LogP contribution in [0.1, 0.15) is 5.56 Å². The molecule has 0 spiro atoms. The molecule has 2 rings (SSSR count). The molecule has 0 atom stereocenters. The van der Waals surface area contributed by atoms with Crippen LogP contribution in [0.4, 0.5) is 0 Å². The number of aromatic amines is 1. The van der Waals surface area contributed by atoms with Gasteiger partial charge in [-0.2, -0.15) is 0 Å². The first-order valence-electron chi connectivity index (χ1n) is 5.44. The van der Waals surface area contributed by atoms with Crippen LogP contribution in [0, 0.1) is 6.92 Å². The topological polar surface area (TPSA) is 64.2 Å². The van der Waals surface area contributed by atoms with Crippen LogP contribution in [0.3, 0.4) is 0 Å². The van der Waals surface area contributed by atoms with E-state index in [2.05, 4.69) is 9.97 Å². The zero-order valence-electron chi connectivity index (χ0n) is 10.5. The zero-order chi connectivity index (χ0) is 13.1. The Labute approximate surface area is 104 Å². The minimum Gasteiger partial charge on any atom is -0.497 e. The average Bonchev–Trinajstić information content (AvgIpc) is 2.41. The lowest BCUT2D eigenvalue weighted by molar-refractivity contribution is 0.395. The number of nitrogens with one attached hydrogen (secondary N) is 1. The van der Waals surface area contributed by atoms with Crippen LogP contribution < -0.4 is 15.0 Å². The van der Waals surface area contributed by atoms with Gasteiger partial charge in [0.25, 0.3) is 5.56 Å². The summed E-state index contributed by atoms with van der Waals surface area (Å²) >= 11 is 0. The van der Waals surface area contributed by atoms with Crippen LogP contribution >= 0.6 is 0 Å². The molecule has 0 aliphatic rings. The molecule has 0 saturated carbocycles. The average molecular weight is 246 g/mol. The molecule has 2 aromatic rings. The number of hydrogen-bond donors (Lipinski definition) is 1. The van der Waals surface area contributed by atoms with Gasteiger partial charge in [0.2, 0.25) is 0 Å². The molecule has 5 heteroatoms. The van der Waals surface area contributed by atoms with Crippen LogP contribution in [0.15, 0.2) is 29.3 Å². The monoisotopic (exact) mass is 246 g/mol. The minimum atomic E-state index is -0.155. The van der Waals surface area contributed by atoms with E-state index in [0.29, 0.717) is 22.8 Å².